The van der Waals surface area contributed by atoms with Gasteiger partial charge in [-0.15, -0.1) is 11.8 Å². The Morgan fingerprint density at radius 3 is 2.36 bits per heavy atom. The molecule has 0 aromatic heterocycles. The molecule has 0 amide bonds. The number of rotatable bonds is 6. The minimum atomic E-state index is -0.176. The zero-order valence-electron chi connectivity index (χ0n) is 15.7. The Kier molecular flexibility index (Phi) is 6.42. The summed E-state index contributed by atoms with van der Waals surface area (Å²) in [5.41, 5.74) is 2.48. The van der Waals surface area contributed by atoms with E-state index in [-0.39, 0.29) is 17.2 Å². The maximum absolute atomic E-state index is 14.3. The van der Waals surface area contributed by atoms with Gasteiger partial charge in [0.25, 0.3) is 0 Å². The van der Waals surface area contributed by atoms with E-state index in [0.717, 1.165) is 19.6 Å². The van der Waals surface area contributed by atoms with Gasteiger partial charge in [-0.2, -0.15) is 0 Å². The van der Waals surface area contributed by atoms with Gasteiger partial charge < -0.3 is 4.74 Å². The molecular weight excluding hydrogens is 369 g/mol. The maximum Gasteiger partial charge on any atom is 0.136 e. The highest BCUT2D eigenvalue weighted by molar-refractivity contribution is 7.99. The third-order valence-corrected chi connectivity index (χ3v) is 6.40. The van der Waals surface area contributed by atoms with Crippen LogP contribution in [0, 0.1) is 5.82 Å². The van der Waals surface area contributed by atoms with E-state index in [2.05, 4.69) is 41.3 Å². The van der Waals surface area contributed by atoms with Crippen LogP contribution in [0.25, 0.3) is 0 Å². The van der Waals surface area contributed by atoms with Gasteiger partial charge in [-0.05, 0) is 23.3 Å². The summed E-state index contributed by atoms with van der Waals surface area (Å²) >= 11 is 1.56. The van der Waals surface area contributed by atoms with Crippen LogP contribution in [0.2, 0.25) is 0 Å². The van der Waals surface area contributed by atoms with E-state index in [9.17, 15) is 4.39 Å². The second kappa shape index (κ2) is 9.37. The van der Waals surface area contributed by atoms with Crippen molar-refractivity contribution in [2.24, 2.45) is 0 Å². The zero-order valence-corrected chi connectivity index (χ0v) is 16.5. The number of nitrogens with zero attached hydrogens (tertiary/aromatic N) is 1. The van der Waals surface area contributed by atoms with Crippen LogP contribution in [-0.2, 0) is 11.3 Å². The van der Waals surface area contributed by atoms with Gasteiger partial charge in [0.1, 0.15) is 5.82 Å². The Balaban J connectivity index is 1.54. The summed E-state index contributed by atoms with van der Waals surface area (Å²) in [4.78, 5) is 3.10. The Morgan fingerprint density at radius 1 is 0.929 bits per heavy atom. The van der Waals surface area contributed by atoms with Crippen molar-refractivity contribution >= 4 is 11.8 Å². The number of thioether (sulfide) groups is 1. The Bertz CT molecular complexity index is 874. The average Bonchev–Trinajstić information content (AvgIpc) is 2.75. The fourth-order valence-electron chi connectivity index (χ4n) is 3.58. The van der Waals surface area contributed by atoms with Crippen molar-refractivity contribution in [3.8, 4) is 0 Å². The van der Waals surface area contributed by atoms with Crippen molar-refractivity contribution in [1.29, 1.82) is 0 Å². The number of hydrogen-bond acceptors (Lipinski definition) is 3. The summed E-state index contributed by atoms with van der Waals surface area (Å²) in [5, 5.41) is 0.0386. The van der Waals surface area contributed by atoms with E-state index in [0.29, 0.717) is 11.5 Å². The second-order valence-corrected chi connectivity index (χ2v) is 8.19. The first kappa shape index (κ1) is 19.2. The van der Waals surface area contributed by atoms with Gasteiger partial charge in [0.05, 0.1) is 18.0 Å². The van der Waals surface area contributed by atoms with Gasteiger partial charge in [-0.3, -0.25) is 4.90 Å². The molecule has 3 aromatic carbocycles. The van der Waals surface area contributed by atoms with Crippen LogP contribution in [0.4, 0.5) is 4.39 Å². The fourth-order valence-corrected chi connectivity index (χ4v) is 4.80. The van der Waals surface area contributed by atoms with Crippen LogP contribution >= 0.6 is 11.8 Å². The summed E-state index contributed by atoms with van der Waals surface area (Å²) in [6.07, 6.45) is 0.00414. The van der Waals surface area contributed by atoms with E-state index in [4.69, 9.17) is 4.74 Å². The number of halogens is 1. The van der Waals surface area contributed by atoms with Gasteiger partial charge in [0, 0.05) is 24.5 Å². The lowest BCUT2D eigenvalue weighted by atomic mass is 10.1. The van der Waals surface area contributed by atoms with Gasteiger partial charge in [-0.25, -0.2) is 4.39 Å². The summed E-state index contributed by atoms with van der Waals surface area (Å²) < 4.78 is 20.5. The molecule has 2 nitrogen and oxygen atoms in total. The van der Waals surface area contributed by atoms with Crippen LogP contribution in [0.15, 0.2) is 89.8 Å². The van der Waals surface area contributed by atoms with Crippen LogP contribution in [0.3, 0.4) is 0 Å². The first-order valence-corrected chi connectivity index (χ1v) is 10.5. The van der Waals surface area contributed by atoms with Crippen molar-refractivity contribution in [2.75, 3.05) is 19.7 Å². The van der Waals surface area contributed by atoms with Crippen LogP contribution in [0.1, 0.15) is 16.4 Å². The fraction of sp³-hybridized carbons (Fsp3) is 0.250. The molecule has 1 heterocycles. The molecule has 0 spiro atoms. The van der Waals surface area contributed by atoms with Crippen LogP contribution in [-0.4, -0.2) is 30.7 Å². The van der Waals surface area contributed by atoms with Crippen LogP contribution < -0.4 is 0 Å². The molecule has 0 saturated carbocycles. The van der Waals surface area contributed by atoms with Gasteiger partial charge in [-0.1, -0.05) is 72.8 Å². The Hall–Kier alpha value is -2.14. The smallest absolute Gasteiger partial charge is 0.136 e. The average molecular weight is 394 g/mol. The molecule has 1 aliphatic rings. The third-order valence-electron chi connectivity index (χ3n) is 4.98. The SMILES string of the molecule is Fc1ccccc1S[C@@H](c1ccccc1)[C@@H]1CN(Cc2ccccc2)CCO1. The lowest BCUT2D eigenvalue weighted by Crippen LogP contribution is -2.44. The summed E-state index contributed by atoms with van der Waals surface area (Å²) in [6.45, 7) is 3.35. The summed E-state index contributed by atoms with van der Waals surface area (Å²) in [5.74, 6) is -0.176. The lowest BCUT2D eigenvalue weighted by molar-refractivity contribution is -0.0319. The highest BCUT2D eigenvalue weighted by Gasteiger charge is 2.30. The minimum Gasteiger partial charge on any atom is -0.374 e. The van der Waals surface area contributed by atoms with E-state index >= 15 is 0 Å². The quantitative estimate of drug-likeness (QED) is 0.509. The van der Waals surface area contributed by atoms with Gasteiger partial charge in [0.15, 0.2) is 0 Å². The largest absolute Gasteiger partial charge is 0.374 e. The van der Waals surface area contributed by atoms with E-state index in [1.807, 2.05) is 36.4 Å². The van der Waals surface area contributed by atoms with Gasteiger partial charge in [0.2, 0.25) is 0 Å². The molecule has 1 aliphatic heterocycles. The molecule has 4 rings (SSSR count). The predicted molar refractivity (Wildman–Crippen MR) is 113 cm³/mol. The number of benzene rings is 3. The number of ether oxygens (including phenoxy) is 1. The molecule has 0 N–H and O–H groups in total. The van der Waals surface area contributed by atoms with E-state index in [1.54, 1.807) is 17.8 Å². The van der Waals surface area contributed by atoms with Crippen molar-refractivity contribution in [1.82, 2.24) is 4.90 Å². The molecule has 0 aliphatic carbocycles. The first-order valence-electron chi connectivity index (χ1n) is 9.63. The molecule has 1 fully saturated rings. The van der Waals surface area contributed by atoms with E-state index in [1.165, 1.54) is 17.2 Å². The second-order valence-electron chi connectivity index (χ2n) is 7.01. The van der Waals surface area contributed by atoms with Crippen molar-refractivity contribution in [2.45, 2.75) is 22.8 Å². The zero-order chi connectivity index (χ0) is 19.2. The maximum atomic E-state index is 14.3. The van der Waals surface area contributed by atoms with Crippen LogP contribution in [0.5, 0.6) is 0 Å². The highest BCUT2D eigenvalue weighted by Crippen LogP contribution is 2.41. The molecule has 4 heteroatoms. The summed E-state index contributed by atoms with van der Waals surface area (Å²) in [7, 11) is 0. The molecule has 144 valence electrons. The lowest BCUT2D eigenvalue weighted by Gasteiger charge is -2.37. The predicted octanol–water partition coefficient (Wildman–Crippen LogP) is 5.56. The molecule has 0 radical (unpaired) electrons. The number of hydrogen-bond donors (Lipinski definition) is 0. The molecule has 2 atom stereocenters. The van der Waals surface area contributed by atoms with Crippen molar-refractivity contribution in [3.63, 3.8) is 0 Å². The Morgan fingerprint density at radius 2 is 1.61 bits per heavy atom. The van der Waals surface area contributed by atoms with Crippen molar-refractivity contribution < 1.29 is 9.13 Å². The van der Waals surface area contributed by atoms with E-state index < -0.39 is 0 Å². The first-order chi connectivity index (χ1) is 13.8. The summed E-state index contributed by atoms with van der Waals surface area (Å²) in [6, 6.07) is 27.8. The molecular formula is C24H24FNOS. The highest BCUT2D eigenvalue weighted by atomic mass is 32.2. The standard InChI is InChI=1S/C24H24FNOS/c25-21-13-7-8-14-23(21)28-24(20-11-5-2-6-12-20)22-18-26(15-16-27-22)17-19-9-3-1-4-10-19/h1-14,22,24H,15-18H2/t22-,24-/m0/s1. The minimum absolute atomic E-state index is 0.00414. The molecule has 3 aromatic rings. The Labute approximate surface area is 170 Å². The third kappa shape index (κ3) is 4.82. The monoisotopic (exact) mass is 393 g/mol. The van der Waals surface area contributed by atoms with Crippen molar-refractivity contribution in [3.05, 3.63) is 102 Å². The molecule has 0 unspecified atom stereocenters. The van der Waals surface area contributed by atoms with Gasteiger partial charge >= 0.3 is 0 Å². The topological polar surface area (TPSA) is 12.5 Å². The molecule has 0 bridgehead atoms. The normalized spacial score (nSPS) is 18.7. The molecule has 28 heavy (non-hydrogen) atoms. The molecule has 1 saturated heterocycles. The number of morpholine rings is 1.